The summed E-state index contributed by atoms with van der Waals surface area (Å²) < 4.78 is 29.0. The largest absolute Gasteiger partial charge is 0.205 e. The molecule has 0 saturated heterocycles. The molecule has 0 unspecified atom stereocenters. The molecule has 0 bridgehead atoms. The van der Waals surface area contributed by atoms with Gasteiger partial charge >= 0.3 is 0 Å². The van der Waals surface area contributed by atoms with Crippen LogP contribution in [0.3, 0.4) is 0 Å². The topological polar surface area (TPSA) is 0 Å². The van der Waals surface area contributed by atoms with Crippen LogP contribution < -0.4 is 0 Å². The highest BCUT2D eigenvalue weighted by Crippen LogP contribution is 2.15. The van der Waals surface area contributed by atoms with Gasteiger partial charge in [0.2, 0.25) is 0 Å². The van der Waals surface area contributed by atoms with Gasteiger partial charge in [0.25, 0.3) is 0 Å². The normalized spacial score (nSPS) is 10.2. The molecule has 0 atom stereocenters. The van der Waals surface area contributed by atoms with Crippen molar-refractivity contribution in [3.05, 3.63) is 106 Å². The summed E-state index contributed by atoms with van der Waals surface area (Å²) in [7, 11) is 0. The molecule has 0 amide bonds. The average molecular weight is 441 g/mol. The van der Waals surface area contributed by atoms with Gasteiger partial charge in [-0.25, -0.2) is 8.78 Å². The number of hydrogen-bond acceptors (Lipinski definition) is 0. The van der Waals surface area contributed by atoms with Gasteiger partial charge in [0.05, 0.1) is 5.56 Å². The van der Waals surface area contributed by atoms with Crippen molar-refractivity contribution in [3.8, 4) is 23.7 Å². The number of hydrogen-bond donors (Lipinski definition) is 0. The molecule has 0 aliphatic rings. The third kappa shape index (κ3) is 7.62. The van der Waals surface area contributed by atoms with Gasteiger partial charge in [-0.05, 0) is 66.8 Å². The van der Waals surface area contributed by atoms with E-state index in [0.29, 0.717) is 5.56 Å². The first kappa shape index (κ1) is 24.3. The minimum absolute atomic E-state index is 0.233. The second-order valence-electron chi connectivity index (χ2n) is 8.23. The van der Waals surface area contributed by atoms with Crippen LogP contribution in [0.15, 0.2) is 60.7 Å². The Labute approximate surface area is 197 Å². The number of unbranched alkanes of at least 4 members (excludes halogenated alkanes) is 4. The Bertz CT molecular complexity index is 1140. The summed E-state index contributed by atoms with van der Waals surface area (Å²) >= 11 is 0. The molecule has 0 radical (unpaired) electrons. The van der Waals surface area contributed by atoms with Gasteiger partial charge in [0, 0.05) is 16.7 Å². The maximum Gasteiger partial charge on any atom is 0.143 e. The predicted octanol–water partition coefficient (Wildman–Crippen LogP) is 7.84. The lowest BCUT2D eigenvalue weighted by Crippen LogP contribution is -1.92. The number of halogens is 2. The first-order valence-electron chi connectivity index (χ1n) is 11.8. The van der Waals surface area contributed by atoms with E-state index in [1.807, 2.05) is 36.4 Å². The number of rotatable bonds is 7. The van der Waals surface area contributed by atoms with Crippen LogP contribution in [0.4, 0.5) is 8.78 Å². The highest BCUT2D eigenvalue weighted by molar-refractivity contribution is 5.49. The summed E-state index contributed by atoms with van der Waals surface area (Å²) in [5.41, 5.74) is 4.09. The van der Waals surface area contributed by atoms with E-state index in [0.717, 1.165) is 24.0 Å². The minimum Gasteiger partial charge on any atom is -0.205 e. The first-order chi connectivity index (χ1) is 16.1. The van der Waals surface area contributed by atoms with Crippen molar-refractivity contribution < 1.29 is 8.78 Å². The SMILES string of the molecule is CCCCCCCc1ccc(C#Cc2cc(F)c(C#Cc3ccc(CC)cc3)c(F)c2)cc1. The average Bonchev–Trinajstić information content (AvgIpc) is 2.83. The van der Waals surface area contributed by atoms with Crippen molar-refractivity contribution in [1.82, 2.24) is 0 Å². The molecule has 168 valence electrons. The van der Waals surface area contributed by atoms with E-state index in [4.69, 9.17) is 0 Å². The molecule has 3 rings (SSSR count). The van der Waals surface area contributed by atoms with Gasteiger partial charge in [-0.3, -0.25) is 0 Å². The van der Waals surface area contributed by atoms with E-state index in [9.17, 15) is 8.78 Å². The Balaban J connectivity index is 1.65. The van der Waals surface area contributed by atoms with Crippen molar-refractivity contribution >= 4 is 0 Å². The molecular formula is C31H30F2. The van der Waals surface area contributed by atoms with Crippen molar-refractivity contribution in [2.24, 2.45) is 0 Å². The van der Waals surface area contributed by atoms with Gasteiger partial charge < -0.3 is 0 Å². The Morgan fingerprint density at radius 2 is 1.09 bits per heavy atom. The van der Waals surface area contributed by atoms with E-state index in [1.165, 1.54) is 55.4 Å². The molecule has 0 spiro atoms. The zero-order chi connectivity index (χ0) is 23.5. The summed E-state index contributed by atoms with van der Waals surface area (Å²) in [5.74, 6) is 9.92. The van der Waals surface area contributed by atoms with Crippen molar-refractivity contribution in [1.29, 1.82) is 0 Å². The van der Waals surface area contributed by atoms with Crippen LogP contribution in [0, 0.1) is 35.3 Å². The van der Waals surface area contributed by atoms with E-state index in [2.05, 4.69) is 49.7 Å². The highest BCUT2D eigenvalue weighted by Gasteiger charge is 2.08. The van der Waals surface area contributed by atoms with Crippen LogP contribution in [0.2, 0.25) is 0 Å². The smallest absolute Gasteiger partial charge is 0.143 e. The fraction of sp³-hybridized carbons (Fsp3) is 0.290. The third-order valence-corrected chi connectivity index (χ3v) is 5.61. The van der Waals surface area contributed by atoms with Crippen molar-refractivity contribution in [2.75, 3.05) is 0 Å². The van der Waals surface area contributed by atoms with Crippen molar-refractivity contribution in [2.45, 2.75) is 58.8 Å². The molecule has 0 nitrogen and oxygen atoms in total. The molecular weight excluding hydrogens is 410 g/mol. The molecule has 33 heavy (non-hydrogen) atoms. The zero-order valence-corrected chi connectivity index (χ0v) is 19.5. The monoisotopic (exact) mass is 440 g/mol. The van der Waals surface area contributed by atoms with Gasteiger partial charge in [-0.2, -0.15) is 0 Å². The molecule has 3 aromatic carbocycles. The summed E-state index contributed by atoms with van der Waals surface area (Å²) in [5, 5.41) is 0. The molecule has 0 saturated carbocycles. The summed E-state index contributed by atoms with van der Waals surface area (Å²) in [6.45, 7) is 4.29. The van der Waals surface area contributed by atoms with E-state index >= 15 is 0 Å². The minimum atomic E-state index is -0.699. The highest BCUT2D eigenvalue weighted by atomic mass is 19.1. The summed E-state index contributed by atoms with van der Waals surface area (Å²) in [6, 6.07) is 18.2. The maximum absolute atomic E-state index is 14.5. The Morgan fingerprint density at radius 3 is 1.67 bits per heavy atom. The zero-order valence-electron chi connectivity index (χ0n) is 19.5. The summed E-state index contributed by atoms with van der Waals surface area (Å²) in [6.07, 6.45) is 8.31. The molecule has 3 aromatic rings. The van der Waals surface area contributed by atoms with Gasteiger partial charge in [-0.1, -0.05) is 87.5 Å². The Kier molecular flexibility index (Phi) is 9.29. The number of benzene rings is 3. The third-order valence-electron chi connectivity index (χ3n) is 5.61. The Morgan fingerprint density at radius 1 is 0.576 bits per heavy atom. The van der Waals surface area contributed by atoms with Crippen LogP contribution in [0.5, 0.6) is 0 Å². The van der Waals surface area contributed by atoms with E-state index in [-0.39, 0.29) is 5.56 Å². The van der Waals surface area contributed by atoms with Crippen molar-refractivity contribution in [3.63, 3.8) is 0 Å². The molecule has 0 fully saturated rings. The number of aryl methyl sites for hydroxylation is 2. The lowest BCUT2D eigenvalue weighted by Gasteiger charge is -2.02. The first-order valence-corrected chi connectivity index (χ1v) is 11.8. The standard InChI is InChI=1S/C31H30F2/c1-3-5-6-7-8-9-25-14-16-26(17-15-25)18-19-28-22-30(32)29(31(33)23-28)21-20-27-12-10-24(4-2)11-13-27/h10-17,22-23H,3-9H2,1-2H3. The quantitative estimate of drug-likeness (QED) is 0.259. The lowest BCUT2D eigenvalue weighted by atomic mass is 10.0. The lowest BCUT2D eigenvalue weighted by molar-refractivity contribution is 0.577. The maximum atomic E-state index is 14.5. The van der Waals surface area contributed by atoms with Crippen LogP contribution in [0.1, 0.15) is 79.3 Å². The molecule has 0 N–H and O–H groups in total. The second kappa shape index (κ2) is 12.6. The van der Waals surface area contributed by atoms with Crippen LogP contribution in [0.25, 0.3) is 0 Å². The fourth-order valence-electron chi connectivity index (χ4n) is 3.55. The fourth-order valence-corrected chi connectivity index (χ4v) is 3.55. The summed E-state index contributed by atoms with van der Waals surface area (Å²) in [4.78, 5) is 0. The van der Waals surface area contributed by atoms with Crippen LogP contribution >= 0.6 is 0 Å². The van der Waals surface area contributed by atoms with Gasteiger partial charge in [0.1, 0.15) is 11.6 Å². The predicted molar refractivity (Wildman–Crippen MR) is 133 cm³/mol. The Hall–Kier alpha value is -3.36. The molecule has 0 aliphatic heterocycles. The van der Waals surface area contributed by atoms with E-state index < -0.39 is 11.6 Å². The van der Waals surface area contributed by atoms with E-state index in [1.54, 1.807) is 0 Å². The molecule has 2 heteroatoms. The van der Waals surface area contributed by atoms with Gasteiger partial charge in [0.15, 0.2) is 0 Å². The molecule has 0 aromatic heterocycles. The molecule has 0 heterocycles. The second-order valence-corrected chi connectivity index (χ2v) is 8.23. The van der Waals surface area contributed by atoms with Crippen LogP contribution in [-0.4, -0.2) is 0 Å². The van der Waals surface area contributed by atoms with Gasteiger partial charge in [-0.15, -0.1) is 0 Å². The molecule has 0 aliphatic carbocycles. The van der Waals surface area contributed by atoms with Crippen LogP contribution in [-0.2, 0) is 12.8 Å².